The number of H-pyrrole nitrogens is 1. The van der Waals surface area contributed by atoms with Crippen LogP contribution >= 0.6 is 0 Å². The summed E-state index contributed by atoms with van der Waals surface area (Å²) in [5.74, 6) is -1.14. The van der Waals surface area contributed by atoms with Gasteiger partial charge in [0.2, 0.25) is 16.0 Å². The van der Waals surface area contributed by atoms with Crippen molar-refractivity contribution < 1.29 is 17.6 Å². The first-order chi connectivity index (χ1) is 14.0. The van der Waals surface area contributed by atoms with E-state index in [-0.39, 0.29) is 28.5 Å². The Morgan fingerprint density at radius 1 is 1.23 bits per heavy atom. The fourth-order valence-corrected chi connectivity index (χ4v) is 4.21. The molecule has 1 N–H and O–H groups in total. The predicted octanol–water partition coefficient (Wildman–Crippen LogP) is 0.855. The zero-order valence-electron chi connectivity index (χ0n) is 17.2. The van der Waals surface area contributed by atoms with E-state index in [0.29, 0.717) is 24.6 Å². The summed E-state index contributed by atoms with van der Waals surface area (Å²) in [5, 5.41) is 0. The second-order valence-electron chi connectivity index (χ2n) is 7.55. The van der Waals surface area contributed by atoms with Crippen LogP contribution in [0, 0.1) is 5.82 Å². The molecule has 162 valence electrons. The van der Waals surface area contributed by atoms with E-state index in [9.17, 15) is 22.4 Å². The fourth-order valence-electron chi connectivity index (χ4n) is 3.28. The van der Waals surface area contributed by atoms with Crippen LogP contribution in [0.3, 0.4) is 0 Å². The van der Waals surface area contributed by atoms with Crippen molar-refractivity contribution in [2.75, 3.05) is 46.2 Å². The molecule has 0 saturated carbocycles. The maximum absolute atomic E-state index is 14.4. The summed E-state index contributed by atoms with van der Waals surface area (Å²) in [6.45, 7) is 0.603. The Morgan fingerprint density at radius 2 is 1.93 bits per heavy atom. The Hall–Kier alpha value is -2.79. The van der Waals surface area contributed by atoms with E-state index < -0.39 is 21.7 Å². The molecule has 1 atom stereocenters. The monoisotopic (exact) mass is 437 g/mol. The number of nitrogens with one attached hydrogen (secondary N) is 1. The summed E-state index contributed by atoms with van der Waals surface area (Å²) in [4.78, 5) is 34.9. The molecule has 1 aromatic heterocycles. The number of likely N-dealkylation sites (tertiary alicyclic amines) is 1. The number of nitrogens with zero attached hydrogens (tertiary/aromatic N) is 4. The van der Waals surface area contributed by atoms with Gasteiger partial charge in [-0.15, -0.1) is 0 Å². The van der Waals surface area contributed by atoms with Gasteiger partial charge < -0.3 is 9.80 Å². The van der Waals surface area contributed by atoms with Gasteiger partial charge in [-0.3, -0.25) is 14.6 Å². The molecule has 1 aromatic carbocycles. The molecule has 1 aliphatic heterocycles. The Labute approximate surface area is 174 Å². The zero-order chi connectivity index (χ0) is 22.2. The molecule has 30 heavy (non-hydrogen) atoms. The maximum atomic E-state index is 14.4. The van der Waals surface area contributed by atoms with Crippen LogP contribution in [0.5, 0.6) is 0 Å². The molecule has 0 spiro atoms. The topological polar surface area (TPSA) is 107 Å². The SMILES string of the molecule is CN(C)c1nc([C@@H]2CCN(C(=O)c3cc(S(=O)(=O)N(C)C)ccc3F)C2)cc(=O)[nH]1. The van der Waals surface area contributed by atoms with Gasteiger partial charge in [0, 0.05) is 53.3 Å². The lowest BCUT2D eigenvalue weighted by molar-refractivity contribution is 0.0785. The number of carbonyl (C=O) groups excluding carboxylic acids is 1. The Kier molecular flexibility index (Phi) is 5.95. The third kappa shape index (κ3) is 4.21. The molecular weight excluding hydrogens is 413 g/mol. The molecular formula is C19H24FN5O4S. The van der Waals surface area contributed by atoms with Crippen LogP contribution in [-0.4, -0.2) is 74.8 Å². The van der Waals surface area contributed by atoms with E-state index in [4.69, 9.17) is 0 Å². The number of aromatic amines is 1. The minimum atomic E-state index is -3.80. The van der Waals surface area contributed by atoms with Crippen LogP contribution in [0.2, 0.25) is 0 Å². The molecule has 1 saturated heterocycles. The number of anilines is 1. The molecule has 3 rings (SSSR count). The molecule has 0 bridgehead atoms. The van der Waals surface area contributed by atoms with E-state index in [1.165, 1.54) is 25.1 Å². The predicted molar refractivity (Wildman–Crippen MR) is 110 cm³/mol. The number of amides is 1. The lowest BCUT2D eigenvalue weighted by Crippen LogP contribution is -2.30. The molecule has 1 fully saturated rings. The normalized spacial score (nSPS) is 16.9. The fraction of sp³-hybridized carbons (Fsp3) is 0.421. The summed E-state index contributed by atoms with van der Waals surface area (Å²) in [7, 11) is 2.43. The summed E-state index contributed by atoms with van der Waals surface area (Å²) in [5.41, 5.74) is -0.0327. The lowest BCUT2D eigenvalue weighted by Gasteiger charge is -2.19. The van der Waals surface area contributed by atoms with Crippen molar-refractivity contribution in [1.29, 1.82) is 0 Å². The minimum Gasteiger partial charge on any atom is -0.348 e. The average molecular weight is 437 g/mol. The van der Waals surface area contributed by atoms with E-state index in [0.717, 1.165) is 22.5 Å². The van der Waals surface area contributed by atoms with Crippen LogP contribution in [0.25, 0.3) is 0 Å². The third-order valence-electron chi connectivity index (χ3n) is 5.01. The molecule has 1 amide bonds. The van der Waals surface area contributed by atoms with Gasteiger partial charge in [-0.25, -0.2) is 22.1 Å². The van der Waals surface area contributed by atoms with Crippen molar-refractivity contribution in [2.45, 2.75) is 17.2 Å². The van der Waals surface area contributed by atoms with Gasteiger partial charge in [-0.1, -0.05) is 0 Å². The summed E-state index contributed by atoms with van der Waals surface area (Å²) >= 11 is 0. The average Bonchev–Trinajstić information content (AvgIpc) is 3.17. The smallest absolute Gasteiger partial charge is 0.256 e. The van der Waals surface area contributed by atoms with Crippen LogP contribution in [0.4, 0.5) is 10.3 Å². The van der Waals surface area contributed by atoms with Crippen LogP contribution in [0.1, 0.15) is 28.4 Å². The van der Waals surface area contributed by atoms with Crippen molar-refractivity contribution in [3.8, 4) is 0 Å². The highest BCUT2D eigenvalue weighted by atomic mass is 32.2. The van der Waals surface area contributed by atoms with Crippen LogP contribution < -0.4 is 10.5 Å². The summed E-state index contributed by atoms with van der Waals surface area (Å²) < 4.78 is 40.0. The van der Waals surface area contributed by atoms with E-state index >= 15 is 0 Å². The minimum absolute atomic E-state index is 0.153. The lowest BCUT2D eigenvalue weighted by atomic mass is 10.0. The summed E-state index contributed by atoms with van der Waals surface area (Å²) in [6, 6.07) is 4.59. The van der Waals surface area contributed by atoms with E-state index in [1.807, 2.05) is 0 Å². The Balaban J connectivity index is 1.86. The van der Waals surface area contributed by atoms with Gasteiger partial charge in [0.15, 0.2) is 0 Å². The van der Waals surface area contributed by atoms with Crippen molar-refractivity contribution in [1.82, 2.24) is 19.2 Å². The van der Waals surface area contributed by atoms with Crippen molar-refractivity contribution in [2.24, 2.45) is 0 Å². The maximum Gasteiger partial charge on any atom is 0.256 e. The van der Waals surface area contributed by atoms with Gasteiger partial charge in [-0.05, 0) is 24.6 Å². The van der Waals surface area contributed by atoms with E-state index in [1.54, 1.807) is 19.0 Å². The molecule has 2 heterocycles. The van der Waals surface area contributed by atoms with Gasteiger partial charge in [0.25, 0.3) is 11.5 Å². The molecule has 0 unspecified atom stereocenters. The molecule has 9 nitrogen and oxygen atoms in total. The van der Waals surface area contributed by atoms with Crippen LogP contribution in [0.15, 0.2) is 34.0 Å². The highest BCUT2D eigenvalue weighted by Crippen LogP contribution is 2.28. The van der Waals surface area contributed by atoms with Crippen LogP contribution in [-0.2, 0) is 10.0 Å². The molecule has 11 heteroatoms. The number of sulfonamides is 1. The number of benzene rings is 1. The van der Waals surface area contributed by atoms with Gasteiger partial charge >= 0.3 is 0 Å². The van der Waals surface area contributed by atoms with E-state index in [2.05, 4.69) is 9.97 Å². The second-order valence-corrected chi connectivity index (χ2v) is 9.71. The molecule has 2 aromatic rings. The Morgan fingerprint density at radius 3 is 2.57 bits per heavy atom. The zero-order valence-corrected chi connectivity index (χ0v) is 18.0. The van der Waals surface area contributed by atoms with Gasteiger partial charge in [-0.2, -0.15) is 0 Å². The number of rotatable bonds is 5. The first-order valence-corrected chi connectivity index (χ1v) is 10.7. The first kappa shape index (κ1) is 21.9. The van der Waals surface area contributed by atoms with Gasteiger partial charge in [0.05, 0.1) is 16.2 Å². The Bertz CT molecular complexity index is 1130. The quantitative estimate of drug-likeness (QED) is 0.744. The standard InChI is InChI=1S/C19H24FN5O4S/c1-23(2)19-21-16(10-17(26)22-19)12-7-8-25(11-12)18(27)14-9-13(5-6-15(14)20)30(28,29)24(3)4/h5-6,9-10,12H,7-8,11H2,1-4H3,(H,21,22,26)/t12-/m1/s1. The first-order valence-electron chi connectivity index (χ1n) is 9.30. The molecule has 0 radical (unpaired) electrons. The van der Waals surface area contributed by atoms with Crippen molar-refractivity contribution >= 4 is 21.9 Å². The number of hydrogen-bond acceptors (Lipinski definition) is 6. The highest BCUT2D eigenvalue weighted by Gasteiger charge is 2.31. The van der Waals surface area contributed by atoms with Crippen molar-refractivity contribution in [3.63, 3.8) is 0 Å². The molecule has 0 aliphatic carbocycles. The summed E-state index contributed by atoms with van der Waals surface area (Å²) in [6.07, 6.45) is 0.562. The number of carbonyl (C=O) groups is 1. The third-order valence-corrected chi connectivity index (χ3v) is 6.82. The number of halogens is 1. The largest absolute Gasteiger partial charge is 0.348 e. The number of aromatic nitrogens is 2. The van der Waals surface area contributed by atoms with Crippen molar-refractivity contribution in [3.05, 3.63) is 51.7 Å². The van der Waals surface area contributed by atoms with Gasteiger partial charge in [0.1, 0.15) is 5.82 Å². The number of hydrogen-bond donors (Lipinski definition) is 1. The molecule has 1 aliphatic rings. The highest BCUT2D eigenvalue weighted by molar-refractivity contribution is 7.89. The second kappa shape index (κ2) is 8.15.